The maximum Gasteiger partial charge on any atom is 0.128 e. The van der Waals surface area contributed by atoms with E-state index in [-0.39, 0.29) is 6.54 Å². The fourth-order valence-electron chi connectivity index (χ4n) is 1.66. The van der Waals surface area contributed by atoms with Crippen LogP contribution in [0.5, 0.6) is 0 Å². The second kappa shape index (κ2) is 4.71. The van der Waals surface area contributed by atoms with Crippen LogP contribution in [0, 0.1) is 0 Å². The van der Waals surface area contributed by atoms with Crippen LogP contribution < -0.4 is 5.32 Å². The highest BCUT2D eigenvalue weighted by atomic mass is 16.4. The van der Waals surface area contributed by atoms with Gasteiger partial charge in [0.15, 0.2) is 0 Å². The molecule has 7 heteroatoms. The first kappa shape index (κ1) is 12.8. The molecule has 7 N–H and O–H groups in total. The fourth-order valence-corrected chi connectivity index (χ4v) is 1.66. The van der Waals surface area contributed by atoms with Crippen molar-refractivity contribution >= 4 is 0 Å². The average Bonchev–Trinajstić information content (AvgIpc) is 2.25. The van der Waals surface area contributed by atoms with Crippen LogP contribution in [0.3, 0.4) is 0 Å². The lowest BCUT2D eigenvalue weighted by Crippen LogP contribution is -2.70. The number of piperidine rings is 1. The fraction of sp³-hybridized carbons (Fsp3) is 1.00. The highest BCUT2D eigenvalue weighted by molar-refractivity contribution is 5.03. The van der Waals surface area contributed by atoms with Crippen LogP contribution in [0.15, 0.2) is 0 Å². The van der Waals surface area contributed by atoms with E-state index in [2.05, 4.69) is 5.32 Å². The van der Waals surface area contributed by atoms with Crippen LogP contribution in [0.2, 0.25) is 0 Å². The monoisotopic (exact) mass is 223 g/mol. The molecule has 5 atom stereocenters. The average molecular weight is 223 g/mol. The van der Waals surface area contributed by atoms with Gasteiger partial charge in [0.25, 0.3) is 0 Å². The minimum absolute atomic E-state index is 0.177. The topological polar surface area (TPSA) is 133 Å². The van der Waals surface area contributed by atoms with Crippen molar-refractivity contribution in [1.29, 1.82) is 0 Å². The second-order valence-electron chi connectivity index (χ2n) is 3.85. The Bertz CT molecular complexity index is 213. The molecule has 1 saturated heterocycles. The SMILES string of the molecule is OC[C@H](O)[C@@H]1NC[C@](O)(CO)[C@@H](O)[C@H]1O. The molecule has 1 rings (SSSR count). The Hall–Kier alpha value is -0.280. The van der Waals surface area contributed by atoms with Gasteiger partial charge >= 0.3 is 0 Å². The van der Waals surface area contributed by atoms with Crippen molar-refractivity contribution in [2.45, 2.75) is 30.0 Å². The summed E-state index contributed by atoms with van der Waals surface area (Å²) in [6.07, 6.45) is -4.27. The van der Waals surface area contributed by atoms with Crippen LogP contribution >= 0.6 is 0 Å². The van der Waals surface area contributed by atoms with E-state index < -0.39 is 43.2 Å². The summed E-state index contributed by atoms with van der Waals surface area (Å²) in [6.45, 7) is -1.46. The van der Waals surface area contributed by atoms with Crippen LogP contribution in [0.4, 0.5) is 0 Å². The molecule has 7 nitrogen and oxygen atoms in total. The van der Waals surface area contributed by atoms with E-state index in [1.807, 2.05) is 0 Å². The predicted molar refractivity (Wildman–Crippen MR) is 48.9 cm³/mol. The molecule has 0 aliphatic carbocycles. The molecule has 0 saturated carbocycles. The lowest BCUT2D eigenvalue weighted by atomic mass is 9.84. The molecule has 0 spiro atoms. The number of rotatable bonds is 3. The van der Waals surface area contributed by atoms with Gasteiger partial charge in [-0.15, -0.1) is 0 Å². The summed E-state index contributed by atoms with van der Waals surface area (Å²) in [4.78, 5) is 0. The molecule has 1 aliphatic rings. The van der Waals surface area contributed by atoms with Crippen molar-refractivity contribution in [3.8, 4) is 0 Å². The Kier molecular flexibility index (Phi) is 4.01. The lowest BCUT2D eigenvalue weighted by Gasteiger charge is -2.44. The number of nitrogens with one attached hydrogen (secondary N) is 1. The minimum Gasteiger partial charge on any atom is -0.394 e. The lowest BCUT2D eigenvalue weighted by molar-refractivity contribution is -0.182. The second-order valence-corrected chi connectivity index (χ2v) is 3.85. The van der Waals surface area contributed by atoms with E-state index in [9.17, 15) is 20.4 Å². The maximum atomic E-state index is 9.62. The molecule has 15 heavy (non-hydrogen) atoms. The van der Waals surface area contributed by atoms with Crippen molar-refractivity contribution in [3.05, 3.63) is 0 Å². The van der Waals surface area contributed by atoms with Gasteiger partial charge in [-0.3, -0.25) is 0 Å². The highest BCUT2D eigenvalue weighted by Gasteiger charge is 2.48. The highest BCUT2D eigenvalue weighted by Crippen LogP contribution is 2.21. The van der Waals surface area contributed by atoms with Gasteiger partial charge in [0.05, 0.1) is 25.4 Å². The van der Waals surface area contributed by atoms with E-state index >= 15 is 0 Å². The molecule has 1 aliphatic heterocycles. The summed E-state index contributed by atoms with van der Waals surface area (Å²) >= 11 is 0. The van der Waals surface area contributed by atoms with Crippen molar-refractivity contribution in [2.24, 2.45) is 0 Å². The first-order valence-corrected chi connectivity index (χ1v) is 4.68. The van der Waals surface area contributed by atoms with E-state index in [1.54, 1.807) is 0 Å². The molecule has 1 heterocycles. The standard InChI is InChI=1S/C8H17NO6/c10-1-4(12)5-6(13)7(14)8(15,3-11)2-9-5/h4-7,9-15H,1-3H2/t4-,5-,6-,7-,8-/m0/s1. The van der Waals surface area contributed by atoms with Crippen molar-refractivity contribution in [1.82, 2.24) is 5.32 Å². The van der Waals surface area contributed by atoms with Gasteiger partial charge in [0.1, 0.15) is 17.8 Å². The van der Waals surface area contributed by atoms with Crippen LogP contribution in [0.1, 0.15) is 0 Å². The van der Waals surface area contributed by atoms with E-state index in [4.69, 9.17) is 10.2 Å². The molecule has 0 amide bonds. The summed E-state index contributed by atoms with van der Waals surface area (Å²) in [6, 6.07) is -0.933. The third kappa shape index (κ3) is 2.28. The Labute approximate surface area is 86.6 Å². The molecule has 0 unspecified atom stereocenters. The Morgan fingerprint density at radius 2 is 1.93 bits per heavy atom. The van der Waals surface area contributed by atoms with Gasteiger partial charge in [-0.25, -0.2) is 0 Å². The van der Waals surface area contributed by atoms with Crippen LogP contribution in [-0.2, 0) is 0 Å². The first-order chi connectivity index (χ1) is 6.96. The normalized spacial score (nSPS) is 44.0. The van der Waals surface area contributed by atoms with Crippen molar-refractivity contribution in [2.75, 3.05) is 19.8 Å². The van der Waals surface area contributed by atoms with E-state index in [1.165, 1.54) is 0 Å². The zero-order valence-electron chi connectivity index (χ0n) is 8.11. The largest absolute Gasteiger partial charge is 0.394 e. The molecule has 0 aromatic heterocycles. The molecule has 0 bridgehead atoms. The summed E-state index contributed by atoms with van der Waals surface area (Å²) in [5, 5.41) is 58.1. The number of β-amino-alcohol motifs (C(OH)–C–C–N with tert-alkyl or cyclic N) is 1. The molecular weight excluding hydrogens is 206 g/mol. The number of hydrogen-bond donors (Lipinski definition) is 7. The Balaban J connectivity index is 2.72. The summed E-state index contributed by atoms with van der Waals surface area (Å²) in [5.74, 6) is 0. The van der Waals surface area contributed by atoms with Crippen LogP contribution in [-0.4, -0.2) is 80.4 Å². The predicted octanol–water partition coefficient (Wildman–Crippen LogP) is -4.24. The van der Waals surface area contributed by atoms with E-state index in [0.29, 0.717) is 0 Å². The summed E-state index contributed by atoms with van der Waals surface area (Å²) in [7, 11) is 0. The molecule has 0 aromatic carbocycles. The zero-order chi connectivity index (χ0) is 11.6. The Morgan fingerprint density at radius 1 is 1.33 bits per heavy atom. The van der Waals surface area contributed by atoms with Gasteiger partial charge in [0, 0.05) is 6.54 Å². The smallest absolute Gasteiger partial charge is 0.128 e. The minimum atomic E-state index is -1.83. The number of aliphatic hydroxyl groups is 6. The van der Waals surface area contributed by atoms with Gasteiger partial charge in [-0.2, -0.15) is 0 Å². The molecule has 0 aromatic rings. The zero-order valence-corrected chi connectivity index (χ0v) is 8.11. The van der Waals surface area contributed by atoms with Gasteiger partial charge < -0.3 is 36.0 Å². The Morgan fingerprint density at radius 3 is 2.40 bits per heavy atom. The quantitative estimate of drug-likeness (QED) is 0.258. The third-order valence-corrected chi connectivity index (χ3v) is 2.76. The van der Waals surface area contributed by atoms with Gasteiger partial charge in [0.2, 0.25) is 0 Å². The number of hydrogen-bond acceptors (Lipinski definition) is 7. The van der Waals surface area contributed by atoms with Gasteiger partial charge in [-0.05, 0) is 0 Å². The van der Waals surface area contributed by atoms with Crippen molar-refractivity contribution < 1.29 is 30.6 Å². The van der Waals surface area contributed by atoms with Gasteiger partial charge in [-0.1, -0.05) is 0 Å². The third-order valence-electron chi connectivity index (χ3n) is 2.76. The van der Waals surface area contributed by atoms with Crippen LogP contribution in [0.25, 0.3) is 0 Å². The molecule has 1 fully saturated rings. The summed E-state index contributed by atoms with van der Waals surface area (Å²) < 4.78 is 0. The molecular formula is C8H17NO6. The van der Waals surface area contributed by atoms with E-state index in [0.717, 1.165) is 0 Å². The van der Waals surface area contributed by atoms with Crippen molar-refractivity contribution in [3.63, 3.8) is 0 Å². The summed E-state index contributed by atoms with van der Waals surface area (Å²) in [5.41, 5.74) is -1.83. The molecule has 90 valence electrons. The first-order valence-electron chi connectivity index (χ1n) is 4.68. The number of aliphatic hydroxyl groups excluding tert-OH is 5. The molecule has 0 radical (unpaired) electrons. The maximum absolute atomic E-state index is 9.62.